The van der Waals surface area contributed by atoms with Gasteiger partial charge in [-0.15, -0.1) is 0 Å². The van der Waals surface area contributed by atoms with Crippen LogP contribution in [0.1, 0.15) is 0 Å². The Morgan fingerprint density at radius 3 is 2.67 bits per heavy atom. The highest BCUT2D eigenvalue weighted by molar-refractivity contribution is 5.79. The molecule has 0 rings (SSSR count). The Labute approximate surface area is 50.8 Å². The number of nitro groups is 1. The molecule has 1 N–H and O–H groups in total. The van der Waals surface area contributed by atoms with Gasteiger partial charge >= 0.3 is 5.97 Å². The summed E-state index contributed by atoms with van der Waals surface area (Å²) in [6.07, 6.45) is 1.71. The van der Waals surface area contributed by atoms with E-state index in [1.165, 1.54) is 0 Å². The Hall–Kier alpha value is -1.39. The second kappa shape index (κ2) is 3.59. The monoisotopic (exact) mass is 131 g/mol. The number of carbonyl (C=O) groups is 1. The molecule has 0 saturated carbocycles. The molecule has 0 radical (unpaired) electrons. The van der Waals surface area contributed by atoms with Crippen molar-refractivity contribution in [3.8, 4) is 0 Å². The molecule has 0 atom stereocenters. The van der Waals surface area contributed by atoms with E-state index >= 15 is 0 Å². The van der Waals surface area contributed by atoms with E-state index in [-0.39, 0.29) is 0 Å². The second-order valence-electron chi connectivity index (χ2n) is 1.26. The molecule has 0 aromatic heterocycles. The van der Waals surface area contributed by atoms with E-state index in [0.717, 1.165) is 12.2 Å². The number of rotatable bonds is 3. The van der Waals surface area contributed by atoms with Crippen LogP contribution in [0.15, 0.2) is 12.2 Å². The topological polar surface area (TPSA) is 80.4 Å². The molecule has 0 unspecified atom stereocenters. The minimum atomic E-state index is -1.17. The normalized spacial score (nSPS) is 9.78. The van der Waals surface area contributed by atoms with Crippen molar-refractivity contribution in [2.24, 2.45) is 0 Å². The first-order valence-corrected chi connectivity index (χ1v) is 2.14. The van der Waals surface area contributed by atoms with Crippen molar-refractivity contribution in [1.29, 1.82) is 0 Å². The molecule has 0 aliphatic carbocycles. The lowest BCUT2D eigenvalue weighted by molar-refractivity contribution is -0.468. The molecule has 9 heavy (non-hydrogen) atoms. The van der Waals surface area contributed by atoms with Gasteiger partial charge in [0, 0.05) is 11.0 Å². The number of hydrogen-bond donors (Lipinski definition) is 1. The van der Waals surface area contributed by atoms with Gasteiger partial charge in [0.2, 0.25) is 6.54 Å². The van der Waals surface area contributed by atoms with Gasteiger partial charge in [0.1, 0.15) is 0 Å². The molecule has 0 fully saturated rings. The predicted molar refractivity (Wildman–Crippen MR) is 28.6 cm³/mol. The maximum Gasteiger partial charge on any atom is 0.328 e. The number of hydrogen-bond acceptors (Lipinski definition) is 3. The summed E-state index contributed by atoms with van der Waals surface area (Å²) >= 11 is 0. The van der Waals surface area contributed by atoms with Gasteiger partial charge in [0.25, 0.3) is 0 Å². The molecule has 0 aromatic carbocycles. The standard InChI is InChI=1S/C4H5NO4/c6-4(7)2-1-3-5(8)9/h1-2H,3H2,(H,6,7)/b2-1+. The van der Waals surface area contributed by atoms with Crippen LogP contribution in [0, 0.1) is 10.1 Å². The first kappa shape index (κ1) is 7.61. The average Bonchev–Trinajstić information content (AvgIpc) is 1.63. The van der Waals surface area contributed by atoms with Crippen LogP contribution in [-0.4, -0.2) is 22.5 Å². The van der Waals surface area contributed by atoms with Crippen LogP contribution in [0.2, 0.25) is 0 Å². The van der Waals surface area contributed by atoms with Crippen LogP contribution in [0.4, 0.5) is 0 Å². The van der Waals surface area contributed by atoms with Crippen molar-refractivity contribution in [3.05, 3.63) is 22.3 Å². The molecule has 0 aliphatic heterocycles. The SMILES string of the molecule is O=C(O)/C=C/C[N+](=O)[O-]. The molecule has 0 spiro atoms. The summed E-state index contributed by atoms with van der Waals surface area (Å²) in [4.78, 5) is 18.6. The number of aliphatic carboxylic acids is 1. The van der Waals surface area contributed by atoms with Gasteiger partial charge in [0.15, 0.2) is 0 Å². The van der Waals surface area contributed by atoms with E-state index in [1.807, 2.05) is 0 Å². The fourth-order valence-corrected chi connectivity index (χ4v) is 0.240. The quantitative estimate of drug-likeness (QED) is 0.329. The van der Waals surface area contributed by atoms with Crippen molar-refractivity contribution < 1.29 is 14.8 Å². The first-order chi connectivity index (χ1) is 4.13. The lowest BCUT2D eigenvalue weighted by atomic mass is 10.5. The molecule has 5 heteroatoms. The summed E-state index contributed by atoms with van der Waals surface area (Å²) < 4.78 is 0. The largest absolute Gasteiger partial charge is 0.478 e. The summed E-state index contributed by atoms with van der Waals surface area (Å²) in [5.74, 6) is -1.17. The Morgan fingerprint density at radius 2 is 2.33 bits per heavy atom. The lowest BCUT2D eigenvalue weighted by Gasteiger charge is -1.79. The van der Waals surface area contributed by atoms with Crippen LogP contribution < -0.4 is 0 Å². The molecule has 5 nitrogen and oxygen atoms in total. The second-order valence-corrected chi connectivity index (χ2v) is 1.26. The van der Waals surface area contributed by atoms with Crippen LogP contribution in [0.25, 0.3) is 0 Å². The van der Waals surface area contributed by atoms with E-state index in [2.05, 4.69) is 0 Å². The lowest BCUT2D eigenvalue weighted by Crippen LogP contribution is -1.97. The zero-order valence-corrected chi connectivity index (χ0v) is 4.48. The maximum atomic E-state index is 9.67. The predicted octanol–water partition coefficient (Wildman–Crippen LogP) is -0.0961. The minimum Gasteiger partial charge on any atom is -0.478 e. The highest BCUT2D eigenvalue weighted by Gasteiger charge is 1.89. The fraction of sp³-hybridized carbons (Fsp3) is 0.250. The van der Waals surface area contributed by atoms with Gasteiger partial charge in [-0.1, -0.05) is 0 Å². The Bertz CT molecular complexity index is 151. The number of carboxylic acid groups (broad SMARTS) is 1. The molecule has 0 amide bonds. The molecule has 0 bridgehead atoms. The summed E-state index contributed by atoms with van der Waals surface area (Å²) in [6.45, 7) is -0.438. The van der Waals surface area contributed by atoms with E-state index in [4.69, 9.17) is 5.11 Å². The van der Waals surface area contributed by atoms with Crippen LogP contribution in [-0.2, 0) is 4.79 Å². The summed E-state index contributed by atoms with van der Waals surface area (Å²) in [6, 6.07) is 0. The van der Waals surface area contributed by atoms with Crippen molar-refractivity contribution in [3.63, 3.8) is 0 Å². The average molecular weight is 131 g/mol. The molecular weight excluding hydrogens is 126 g/mol. The van der Waals surface area contributed by atoms with Gasteiger partial charge in [-0.25, -0.2) is 4.79 Å². The third-order valence-corrected chi connectivity index (χ3v) is 0.515. The number of nitrogens with zero attached hydrogens (tertiary/aromatic N) is 1. The van der Waals surface area contributed by atoms with Gasteiger partial charge in [-0.05, 0) is 6.08 Å². The van der Waals surface area contributed by atoms with Crippen molar-refractivity contribution >= 4 is 5.97 Å². The maximum absolute atomic E-state index is 9.67. The van der Waals surface area contributed by atoms with Gasteiger partial charge in [0.05, 0.1) is 0 Å². The molecule has 0 aliphatic rings. The van der Waals surface area contributed by atoms with E-state index in [1.54, 1.807) is 0 Å². The Balaban J connectivity index is 3.48. The zero-order valence-electron chi connectivity index (χ0n) is 4.48. The van der Waals surface area contributed by atoms with Crippen LogP contribution >= 0.6 is 0 Å². The third kappa shape index (κ3) is 6.61. The van der Waals surface area contributed by atoms with Gasteiger partial charge in [-0.2, -0.15) is 0 Å². The minimum absolute atomic E-state index is 0.438. The summed E-state index contributed by atoms with van der Waals surface area (Å²) in [7, 11) is 0. The van der Waals surface area contributed by atoms with Crippen molar-refractivity contribution in [2.75, 3.05) is 6.54 Å². The molecule has 0 aromatic rings. The van der Waals surface area contributed by atoms with Crippen LogP contribution in [0.5, 0.6) is 0 Å². The van der Waals surface area contributed by atoms with E-state index < -0.39 is 17.4 Å². The zero-order chi connectivity index (χ0) is 7.28. The Morgan fingerprint density at radius 1 is 1.78 bits per heavy atom. The first-order valence-electron chi connectivity index (χ1n) is 2.14. The molecular formula is C4H5NO4. The smallest absolute Gasteiger partial charge is 0.328 e. The summed E-state index contributed by atoms with van der Waals surface area (Å²) in [5, 5.41) is 17.5. The van der Waals surface area contributed by atoms with Gasteiger partial charge < -0.3 is 5.11 Å². The fourth-order valence-electron chi connectivity index (χ4n) is 0.240. The van der Waals surface area contributed by atoms with Crippen LogP contribution in [0.3, 0.4) is 0 Å². The summed E-state index contributed by atoms with van der Waals surface area (Å²) in [5.41, 5.74) is 0. The van der Waals surface area contributed by atoms with Crippen molar-refractivity contribution in [1.82, 2.24) is 0 Å². The van der Waals surface area contributed by atoms with E-state index in [9.17, 15) is 14.9 Å². The highest BCUT2D eigenvalue weighted by atomic mass is 16.6. The van der Waals surface area contributed by atoms with Gasteiger partial charge in [-0.3, -0.25) is 10.1 Å². The molecule has 0 saturated heterocycles. The highest BCUT2D eigenvalue weighted by Crippen LogP contribution is 1.73. The van der Waals surface area contributed by atoms with Crippen molar-refractivity contribution in [2.45, 2.75) is 0 Å². The third-order valence-electron chi connectivity index (χ3n) is 0.515. The molecule has 0 heterocycles. The van der Waals surface area contributed by atoms with E-state index in [0.29, 0.717) is 0 Å². The number of carboxylic acids is 1. The Kier molecular flexibility index (Phi) is 3.04. The molecule has 50 valence electrons.